The van der Waals surface area contributed by atoms with Crippen LogP contribution in [-0.2, 0) is 24.7 Å². The summed E-state index contributed by atoms with van der Waals surface area (Å²) >= 11 is 0. The van der Waals surface area contributed by atoms with Gasteiger partial charge in [0, 0.05) is 37.6 Å². The second-order valence-electron chi connectivity index (χ2n) is 6.82. The van der Waals surface area contributed by atoms with Crippen LogP contribution < -0.4 is 10.2 Å². The van der Waals surface area contributed by atoms with Crippen molar-refractivity contribution in [3.8, 4) is 0 Å². The molecule has 1 amide bonds. The first kappa shape index (κ1) is 21.3. The number of benzene rings is 2. The predicted molar refractivity (Wildman–Crippen MR) is 112 cm³/mol. The number of carbonyl (C=O) groups is 1. The van der Waals surface area contributed by atoms with Crippen molar-refractivity contribution in [3.63, 3.8) is 0 Å². The van der Waals surface area contributed by atoms with Crippen molar-refractivity contribution >= 4 is 37.1 Å². The number of rotatable bonds is 6. The average Bonchev–Trinajstić information content (AvgIpc) is 2.68. The third kappa shape index (κ3) is 5.55. The number of amides is 1. The number of piperazine rings is 1. The zero-order valence-electron chi connectivity index (χ0n) is 16.0. The lowest BCUT2D eigenvalue weighted by Crippen LogP contribution is -2.48. The molecule has 0 aliphatic carbocycles. The van der Waals surface area contributed by atoms with E-state index in [0.717, 1.165) is 5.69 Å². The van der Waals surface area contributed by atoms with Crippen LogP contribution in [0.2, 0.25) is 0 Å². The zero-order valence-corrected chi connectivity index (χ0v) is 17.6. The Morgan fingerprint density at radius 3 is 2.03 bits per heavy atom. The van der Waals surface area contributed by atoms with Gasteiger partial charge in [-0.3, -0.25) is 4.79 Å². The summed E-state index contributed by atoms with van der Waals surface area (Å²) in [6.07, 6.45) is 1.21. The monoisotopic (exact) mass is 437 g/mol. The molecule has 29 heavy (non-hydrogen) atoms. The minimum absolute atomic E-state index is 0.110. The Kier molecular flexibility index (Phi) is 6.25. The van der Waals surface area contributed by atoms with Crippen molar-refractivity contribution in [1.29, 1.82) is 0 Å². The summed E-state index contributed by atoms with van der Waals surface area (Å²) in [5.41, 5.74) is 1.41. The molecule has 8 nitrogen and oxygen atoms in total. The van der Waals surface area contributed by atoms with Crippen molar-refractivity contribution in [2.45, 2.75) is 4.90 Å². The van der Waals surface area contributed by atoms with Gasteiger partial charge in [-0.2, -0.15) is 4.31 Å². The fraction of sp³-hybridized carbons (Fsp3) is 0.316. The standard InChI is InChI=1S/C19H23N3O5S2/c1-28(24,25)22-13-11-21(12-14-22)17-9-7-16(8-10-17)20-19(23)15-29(26,27)18-5-3-2-4-6-18/h2-10H,11-15H2,1H3,(H,20,23). The van der Waals surface area contributed by atoms with Gasteiger partial charge in [-0.05, 0) is 36.4 Å². The van der Waals surface area contributed by atoms with Crippen LogP contribution in [-0.4, -0.2) is 65.2 Å². The van der Waals surface area contributed by atoms with E-state index >= 15 is 0 Å². The minimum atomic E-state index is -3.70. The van der Waals surface area contributed by atoms with Gasteiger partial charge in [-0.25, -0.2) is 16.8 Å². The number of sulfonamides is 1. The lowest BCUT2D eigenvalue weighted by molar-refractivity contribution is -0.113. The van der Waals surface area contributed by atoms with E-state index in [1.807, 2.05) is 12.1 Å². The maximum atomic E-state index is 12.3. The Morgan fingerprint density at radius 1 is 0.897 bits per heavy atom. The number of nitrogens with zero attached hydrogens (tertiary/aromatic N) is 2. The lowest BCUT2D eigenvalue weighted by Gasteiger charge is -2.34. The molecule has 1 aliphatic rings. The number of sulfone groups is 1. The summed E-state index contributed by atoms with van der Waals surface area (Å²) in [5, 5.41) is 2.60. The average molecular weight is 438 g/mol. The molecule has 0 saturated carbocycles. The van der Waals surface area contributed by atoms with Crippen molar-refractivity contribution < 1.29 is 21.6 Å². The number of anilines is 2. The summed E-state index contributed by atoms with van der Waals surface area (Å²) in [6, 6.07) is 14.9. The molecule has 2 aromatic carbocycles. The third-order valence-corrected chi connectivity index (χ3v) is 7.58. The molecule has 1 fully saturated rings. The summed E-state index contributed by atoms with van der Waals surface area (Å²) in [7, 11) is -6.87. The number of carbonyl (C=O) groups excluding carboxylic acids is 1. The zero-order chi connectivity index (χ0) is 21.1. The molecule has 1 heterocycles. The van der Waals surface area contributed by atoms with Crippen molar-refractivity contribution in [3.05, 3.63) is 54.6 Å². The summed E-state index contributed by atoms with van der Waals surface area (Å²) in [4.78, 5) is 14.3. The molecule has 0 atom stereocenters. The SMILES string of the molecule is CS(=O)(=O)N1CCN(c2ccc(NC(=O)CS(=O)(=O)c3ccccc3)cc2)CC1. The van der Waals surface area contributed by atoms with Gasteiger partial charge in [0.1, 0.15) is 5.75 Å². The Bertz CT molecular complexity index is 1060. The molecular weight excluding hydrogens is 414 g/mol. The molecule has 2 aromatic rings. The first-order chi connectivity index (χ1) is 13.6. The Labute approximate surface area is 171 Å². The van der Waals surface area contributed by atoms with E-state index in [4.69, 9.17) is 0 Å². The molecule has 0 unspecified atom stereocenters. The van der Waals surface area contributed by atoms with E-state index in [9.17, 15) is 21.6 Å². The van der Waals surface area contributed by atoms with Crippen LogP contribution in [0.15, 0.2) is 59.5 Å². The number of hydrogen-bond donors (Lipinski definition) is 1. The Balaban J connectivity index is 1.58. The van der Waals surface area contributed by atoms with Gasteiger partial charge < -0.3 is 10.2 Å². The van der Waals surface area contributed by atoms with Crippen LogP contribution in [0.5, 0.6) is 0 Å². The fourth-order valence-electron chi connectivity index (χ4n) is 3.11. The second kappa shape index (κ2) is 8.52. The van der Waals surface area contributed by atoms with Crippen LogP contribution in [0.4, 0.5) is 11.4 Å². The van der Waals surface area contributed by atoms with Gasteiger partial charge >= 0.3 is 0 Å². The quantitative estimate of drug-likeness (QED) is 0.728. The largest absolute Gasteiger partial charge is 0.369 e. The highest BCUT2D eigenvalue weighted by Gasteiger charge is 2.23. The highest BCUT2D eigenvalue weighted by atomic mass is 32.2. The van der Waals surface area contributed by atoms with E-state index in [1.165, 1.54) is 22.7 Å². The van der Waals surface area contributed by atoms with Crippen molar-refractivity contribution in [1.82, 2.24) is 4.31 Å². The van der Waals surface area contributed by atoms with E-state index in [2.05, 4.69) is 10.2 Å². The summed E-state index contributed by atoms with van der Waals surface area (Å²) < 4.78 is 49.2. The van der Waals surface area contributed by atoms with Gasteiger partial charge in [0.2, 0.25) is 15.9 Å². The maximum Gasteiger partial charge on any atom is 0.239 e. The lowest BCUT2D eigenvalue weighted by atomic mass is 10.2. The molecule has 156 valence electrons. The normalized spacial score (nSPS) is 15.8. The van der Waals surface area contributed by atoms with Crippen molar-refractivity contribution in [2.24, 2.45) is 0 Å². The summed E-state index contributed by atoms with van der Waals surface area (Å²) in [5.74, 6) is -1.24. The molecule has 0 bridgehead atoms. The molecule has 3 rings (SSSR count). The van der Waals surface area contributed by atoms with Gasteiger partial charge in [-0.15, -0.1) is 0 Å². The van der Waals surface area contributed by atoms with Gasteiger partial charge in [0.05, 0.1) is 11.2 Å². The first-order valence-corrected chi connectivity index (χ1v) is 12.5. The smallest absolute Gasteiger partial charge is 0.239 e. The van der Waals surface area contributed by atoms with Crippen molar-refractivity contribution in [2.75, 3.05) is 48.4 Å². The van der Waals surface area contributed by atoms with E-state index in [0.29, 0.717) is 31.9 Å². The third-order valence-electron chi connectivity index (χ3n) is 4.65. The predicted octanol–water partition coefficient (Wildman–Crippen LogP) is 1.18. The molecular formula is C19H23N3O5S2. The Hall–Kier alpha value is -2.43. The van der Waals surface area contributed by atoms with Gasteiger partial charge in [0.15, 0.2) is 9.84 Å². The highest BCUT2D eigenvalue weighted by molar-refractivity contribution is 7.92. The molecule has 0 radical (unpaired) electrons. The highest BCUT2D eigenvalue weighted by Crippen LogP contribution is 2.20. The minimum Gasteiger partial charge on any atom is -0.369 e. The summed E-state index contributed by atoms with van der Waals surface area (Å²) in [6.45, 7) is 2.01. The van der Waals surface area contributed by atoms with E-state index < -0.39 is 31.5 Å². The van der Waals surface area contributed by atoms with E-state index in [-0.39, 0.29) is 4.90 Å². The maximum absolute atomic E-state index is 12.3. The van der Waals surface area contributed by atoms with E-state index in [1.54, 1.807) is 30.3 Å². The Morgan fingerprint density at radius 2 is 1.48 bits per heavy atom. The van der Waals surface area contributed by atoms with Gasteiger partial charge in [-0.1, -0.05) is 18.2 Å². The van der Waals surface area contributed by atoms with Crippen LogP contribution in [0, 0.1) is 0 Å². The number of nitrogens with one attached hydrogen (secondary N) is 1. The van der Waals surface area contributed by atoms with Crippen LogP contribution in [0.25, 0.3) is 0 Å². The number of hydrogen-bond acceptors (Lipinski definition) is 6. The second-order valence-corrected chi connectivity index (χ2v) is 10.8. The fourth-order valence-corrected chi connectivity index (χ4v) is 5.10. The van der Waals surface area contributed by atoms with Crippen LogP contribution in [0.1, 0.15) is 0 Å². The molecule has 1 saturated heterocycles. The van der Waals surface area contributed by atoms with Crippen LogP contribution >= 0.6 is 0 Å². The molecule has 0 spiro atoms. The first-order valence-electron chi connectivity index (χ1n) is 9.03. The molecule has 1 N–H and O–H groups in total. The molecule has 10 heteroatoms. The molecule has 1 aliphatic heterocycles. The topological polar surface area (TPSA) is 104 Å². The van der Waals surface area contributed by atoms with Crippen LogP contribution in [0.3, 0.4) is 0 Å². The molecule has 0 aromatic heterocycles. The van der Waals surface area contributed by atoms with Gasteiger partial charge in [0.25, 0.3) is 0 Å².